The van der Waals surface area contributed by atoms with Crippen LogP contribution in [0.2, 0.25) is 0 Å². The molecule has 0 aliphatic carbocycles. The summed E-state index contributed by atoms with van der Waals surface area (Å²) in [6, 6.07) is 10.5. The molecule has 28 heavy (non-hydrogen) atoms. The predicted octanol–water partition coefficient (Wildman–Crippen LogP) is 5.23. The number of fused-ring (bicyclic) bond motifs is 1. The third-order valence-corrected chi connectivity index (χ3v) is 10.4. The maximum absolute atomic E-state index is 12.2. The highest BCUT2D eigenvalue weighted by Crippen LogP contribution is 2.62. The molecule has 0 saturated carbocycles. The van der Waals surface area contributed by atoms with Gasteiger partial charge in [-0.05, 0) is 59.7 Å². The summed E-state index contributed by atoms with van der Waals surface area (Å²) in [7, 11) is -8.76. The fraction of sp³-hybridized carbons (Fsp3) is 0.500. The maximum atomic E-state index is 12.2. The molecule has 6 nitrogen and oxygen atoms in total. The Bertz CT molecular complexity index is 858. The van der Waals surface area contributed by atoms with Gasteiger partial charge in [-0.15, -0.1) is 0 Å². The molecule has 0 saturated heterocycles. The quantitative estimate of drug-likeness (QED) is 0.428. The van der Waals surface area contributed by atoms with Gasteiger partial charge >= 0.3 is 15.2 Å². The van der Waals surface area contributed by atoms with Crippen LogP contribution in [-0.2, 0) is 19.4 Å². The van der Waals surface area contributed by atoms with Gasteiger partial charge in [-0.3, -0.25) is 9.13 Å². The van der Waals surface area contributed by atoms with Crippen molar-refractivity contribution in [3.8, 4) is 0 Å². The van der Waals surface area contributed by atoms with Gasteiger partial charge in [0.25, 0.3) is 0 Å². The molecule has 0 heterocycles. The Morgan fingerprint density at radius 2 is 0.929 bits per heavy atom. The molecule has 0 aliphatic heterocycles. The molecule has 0 aliphatic rings. The second-order valence-corrected chi connectivity index (χ2v) is 11.2. The molecular formula is C20H30O6P2. The van der Waals surface area contributed by atoms with E-state index in [0.29, 0.717) is 36.8 Å². The first-order valence-corrected chi connectivity index (χ1v) is 12.8. The van der Waals surface area contributed by atoms with Gasteiger partial charge in [0, 0.05) is 0 Å². The normalized spacial score (nSPS) is 13.9. The van der Waals surface area contributed by atoms with Crippen LogP contribution in [0.1, 0.15) is 64.5 Å². The monoisotopic (exact) mass is 428 g/mol. The van der Waals surface area contributed by atoms with E-state index < -0.39 is 25.5 Å². The summed E-state index contributed by atoms with van der Waals surface area (Å²) in [5, 5.41) is -0.898. The van der Waals surface area contributed by atoms with E-state index >= 15 is 0 Å². The highest BCUT2D eigenvalue weighted by atomic mass is 31.2. The molecule has 0 unspecified atom stereocenters. The van der Waals surface area contributed by atoms with Crippen molar-refractivity contribution in [1.82, 2.24) is 0 Å². The van der Waals surface area contributed by atoms with E-state index in [1.165, 1.54) is 0 Å². The lowest BCUT2D eigenvalue weighted by Gasteiger charge is -2.34. The lowest BCUT2D eigenvalue weighted by molar-refractivity contribution is 0.313. The molecule has 0 aromatic heterocycles. The fourth-order valence-electron chi connectivity index (χ4n) is 4.30. The highest BCUT2D eigenvalue weighted by Gasteiger charge is 2.46. The Balaban J connectivity index is 2.68. The van der Waals surface area contributed by atoms with Crippen molar-refractivity contribution in [1.29, 1.82) is 0 Å². The van der Waals surface area contributed by atoms with E-state index in [1.807, 2.05) is 0 Å². The Hall–Kier alpha value is -1.00. The summed E-state index contributed by atoms with van der Waals surface area (Å²) in [6.07, 6.45) is 1.24. The van der Waals surface area contributed by atoms with Crippen LogP contribution in [0.3, 0.4) is 0 Å². The van der Waals surface area contributed by atoms with E-state index in [9.17, 15) is 28.7 Å². The van der Waals surface area contributed by atoms with E-state index in [-0.39, 0.29) is 0 Å². The van der Waals surface area contributed by atoms with Gasteiger partial charge in [0.05, 0.1) is 10.3 Å². The number of hydrogen-bond acceptors (Lipinski definition) is 2. The highest BCUT2D eigenvalue weighted by molar-refractivity contribution is 7.53. The topological polar surface area (TPSA) is 115 Å². The average molecular weight is 428 g/mol. The minimum absolute atomic E-state index is 0.310. The van der Waals surface area contributed by atoms with E-state index in [4.69, 9.17) is 0 Å². The van der Waals surface area contributed by atoms with Crippen molar-refractivity contribution in [3.05, 3.63) is 47.5 Å². The fourth-order valence-corrected chi connectivity index (χ4v) is 6.90. The summed E-state index contributed by atoms with van der Waals surface area (Å²) in [4.78, 5) is 39.9. The molecule has 0 radical (unpaired) electrons. The van der Waals surface area contributed by atoms with Crippen molar-refractivity contribution in [2.45, 2.75) is 63.7 Å². The van der Waals surface area contributed by atoms with Crippen LogP contribution in [0.15, 0.2) is 36.4 Å². The SMILES string of the molecule is CCC(CC)(c1ccc2cc(C(CC)(CC)P(=O)(O)O)ccc2c1)P(=O)(O)O. The Morgan fingerprint density at radius 3 is 1.14 bits per heavy atom. The zero-order valence-corrected chi connectivity index (χ0v) is 18.6. The predicted molar refractivity (Wildman–Crippen MR) is 113 cm³/mol. The van der Waals surface area contributed by atoms with Gasteiger partial charge in [-0.25, -0.2) is 0 Å². The third kappa shape index (κ3) is 3.63. The largest absolute Gasteiger partial charge is 0.335 e. The van der Waals surface area contributed by atoms with Crippen LogP contribution in [0.4, 0.5) is 0 Å². The van der Waals surface area contributed by atoms with Gasteiger partial charge in [-0.1, -0.05) is 52.0 Å². The molecule has 0 fully saturated rings. The first kappa shape index (κ1) is 23.3. The van der Waals surface area contributed by atoms with Gasteiger partial charge in [0.1, 0.15) is 0 Å². The van der Waals surface area contributed by atoms with Crippen molar-refractivity contribution in [3.63, 3.8) is 0 Å². The van der Waals surface area contributed by atoms with Crippen LogP contribution in [-0.4, -0.2) is 19.6 Å². The van der Waals surface area contributed by atoms with Crippen molar-refractivity contribution >= 4 is 26.0 Å². The summed E-state index contributed by atoms with van der Waals surface area (Å²) in [5.41, 5.74) is 1.16. The molecule has 4 N–H and O–H groups in total. The number of rotatable bonds is 8. The molecule has 0 atom stereocenters. The minimum atomic E-state index is -4.38. The number of hydrogen-bond donors (Lipinski definition) is 4. The maximum Gasteiger partial charge on any atom is 0.335 e. The second kappa shape index (κ2) is 8.02. The lowest BCUT2D eigenvalue weighted by atomic mass is 9.88. The van der Waals surface area contributed by atoms with Gasteiger partial charge in [-0.2, -0.15) is 0 Å². The number of benzene rings is 2. The molecular weight excluding hydrogens is 398 g/mol. The molecule has 0 amide bonds. The molecule has 0 bridgehead atoms. The average Bonchev–Trinajstić information content (AvgIpc) is 2.62. The van der Waals surface area contributed by atoms with Crippen LogP contribution in [0.25, 0.3) is 10.8 Å². The molecule has 2 rings (SSSR count). The van der Waals surface area contributed by atoms with Crippen LogP contribution >= 0.6 is 15.2 Å². The van der Waals surface area contributed by atoms with E-state index in [1.54, 1.807) is 64.1 Å². The van der Waals surface area contributed by atoms with Gasteiger partial charge in [0.2, 0.25) is 0 Å². The Morgan fingerprint density at radius 1 is 0.643 bits per heavy atom. The third-order valence-electron chi connectivity index (χ3n) is 6.37. The van der Waals surface area contributed by atoms with Crippen LogP contribution < -0.4 is 0 Å². The van der Waals surface area contributed by atoms with Crippen molar-refractivity contribution in [2.24, 2.45) is 0 Å². The minimum Gasteiger partial charge on any atom is -0.324 e. The Kier molecular flexibility index (Phi) is 6.67. The first-order chi connectivity index (χ1) is 12.9. The zero-order valence-electron chi connectivity index (χ0n) is 16.8. The first-order valence-electron chi connectivity index (χ1n) is 9.58. The van der Waals surface area contributed by atoms with Crippen molar-refractivity contribution < 1.29 is 28.7 Å². The summed E-state index contributed by atoms with van der Waals surface area (Å²) in [6.45, 7) is 7.08. The Labute approximate surface area is 166 Å². The summed E-state index contributed by atoms with van der Waals surface area (Å²) < 4.78 is 24.5. The summed E-state index contributed by atoms with van der Waals surface area (Å²) in [5.74, 6) is 0. The summed E-state index contributed by atoms with van der Waals surface area (Å²) >= 11 is 0. The smallest absolute Gasteiger partial charge is 0.324 e. The van der Waals surface area contributed by atoms with Crippen LogP contribution in [0.5, 0.6) is 0 Å². The second-order valence-electron chi connectivity index (χ2n) is 7.34. The van der Waals surface area contributed by atoms with E-state index in [2.05, 4.69) is 0 Å². The zero-order chi connectivity index (χ0) is 21.4. The van der Waals surface area contributed by atoms with Crippen LogP contribution in [0, 0.1) is 0 Å². The molecule has 156 valence electrons. The molecule has 8 heteroatoms. The molecule has 2 aromatic rings. The molecule has 2 aromatic carbocycles. The van der Waals surface area contributed by atoms with Crippen molar-refractivity contribution in [2.75, 3.05) is 0 Å². The molecule has 0 spiro atoms. The van der Waals surface area contributed by atoms with Gasteiger partial charge in [0.15, 0.2) is 0 Å². The van der Waals surface area contributed by atoms with Gasteiger partial charge < -0.3 is 19.6 Å². The van der Waals surface area contributed by atoms with E-state index in [0.717, 1.165) is 10.8 Å². The standard InChI is InChI=1S/C20H30O6P2/c1-5-19(6-2,27(21,22)23)17-11-9-16-14-18(12-10-15(16)13-17)20(7-3,8-4)28(24,25)26/h9-14H,5-8H2,1-4H3,(H2,21,22,23)(H2,24,25,26). The lowest BCUT2D eigenvalue weighted by Crippen LogP contribution is -2.25.